The fraction of sp³-hybridized carbons (Fsp3) is 0.280. The first-order chi connectivity index (χ1) is 28.7. The maximum absolute atomic E-state index is 13.0. The predicted molar refractivity (Wildman–Crippen MR) is 231 cm³/mol. The zero-order chi connectivity index (χ0) is 41.3. The number of carbonyl (C=O) groups excluding carboxylic acids is 2. The van der Waals surface area contributed by atoms with Gasteiger partial charge in [-0.05, 0) is 81.9 Å². The van der Waals surface area contributed by atoms with Gasteiger partial charge in [0.1, 0.15) is 6.04 Å². The van der Waals surface area contributed by atoms with Gasteiger partial charge in [-0.3, -0.25) is 4.90 Å². The first-order valence-corrected chi connectivity index (χ1v) is 20.2. The van der Waals surface area contributed by atoms with Crippen molar-refractivity contribution in [3.8, 4) is 11.1 Å². The predicted octanol–water partition coefficient (Wildman–Crippen LogP) is 9.07. The van der Waals surface area contributed by atoms with Gasteiger partial charge >= 0.3 is 12.0 Å². The maximum atomic E-state index is 13.0. The van der Waals surface area contributed by atoms with Gasteiger partial charge in [-0.15, -0.1) is 0 Å². The summed E-state index contributed by atoms with van der Waals surface area (Å²) < 4.78 is 18.7. The molecule has 2 amide bonds. The van der Waals surface area contributed by atoms with Gasteiger partial charge in [0.05, 0.1) is 25.9 Å². The second-order valence-electron chi connectivity index (χ2n) is 15.5. The molecule has 1 saturated heterocycles. The lowest BCUT2D eigenvalue weighted by Gasteiger charge is -2.43. The summed E-state index contributed by atoms with van der Waals surface area (Å²) in [6.07, 6.45) is -0.708. The average Bonchev–Trinajstić information content (AvgIpc) is 3.28. The van der Waals surface area contributed by atoms with E-state index < -0.39 is 24.3 Å². The molecule has 1 aliphatic rings. The third-order valence-corrected chi connectivity index (χ3v) is 11.5. The monoisotopic (exact) mass is 791 g/mol. The van der Waals surface area contributed by atoms with Gasteiger partial charge in [0.15, 0.2) is 6.29 Å². The van der Waals surface area contributed by atoms with E-state index in [0.29, 0.717) is 13.0 Å². The molecular weight excluding hydrogens is 739 g/mol. The number of amides is 2. The van der Waals surface area contributed by atoms with Gasteiger partial charge < -0.3 is 30.0 Å². The van der Waals surface area contributed by atoms with E-state index in [4.69, 9.17) is 14.2 Å². The number of carbonyl (C=O) groups is 2. The molecule has 0 bridgehead atoms. The molecule has 1 aliphatic heterocycles. The van der Waals surface area contributed by atoms with Crippen LogP contribution in [0.2, 0.25) is 0 Å². The number of methoxy groups -OCH3 is 1. The molecule has 9 heteroatoms. The Balaban J connectivity index is 1.07. The number of likely N-dealkylation sites (N-methyl/N-ethyl adjacent to an activating group) is 1. The van der Waals surface area contributed by atoms with E-state index in [-0.39, 0.29) is 37.3 Å². The summed E-state index contributed by atoms with van der Waals surface area (Å²) in [4.78, 5) is 27.8. The molecule has 6 atom stereocenters. The van der Waals surface area contributed by atoms with E-state index in [1.54, 1.807) is 0 Å². The Morgan fingerprint density at radius 3 is 2.19 bits per heavy atom. The van der Waals surface area contributed by atoms with Crippen molar-refractivity contribution >= 4 is 22.8 Å². The quantitative estimate of drug-likeness (QED) is 0.0945. The van der Waals surface area contributed by atoms with Crippen molar-refractivity contribution in [1.29, 1.82) is 0 Å². The van der Waals surface area contributed by atoms with Crippen LogP contribution in [0.5, 0.6) is 0 Å². The average molecular weight is 792 g/mol. The minimum absolute atomic E-state index is 0.0188. The number of aliphatic hydroxyl groups is 1. The van der Waals surface area contributed by atoms with Crippen LogP contribution in [0.4, 0.5) is 4.79 Å². The second kappa shape index (κ2) is 19.3. The molecule has 0 aliphatic carbocycles. The van der Waals surface area contributed by atoms with Crippen LogP contribution in [0, 0.1) is 5.92 Å². The number of aliphatic hydroxyl groups excluding tert-OH is 1. The zero-order valence-corrected chi connectivity index (χ0v) is 34.1. The minimum Gasteiger partial charge on any atom is -0.467 e. The third kappa shape index (κ3) is 10.2. The van der Waals surface area contributed by atoms with E-state index in [9.17, 15) is 14.7 Å². The molecule has 6 aromatic rings. The SMILES string of the molecule is COC(=O)[C@H](Cc1ccccc1)NC(=O)NCc1cccc(-c2cccc([C@@H]3O[C@H](CN(C)[C@H](C)c4ccc5ccccc5c4)[C@H](C)[C@H](c4ccc(CO)cc4)O3)c2)c1. The summed E-state index contributed by atoms with van der Waals surface area (Å²) in [5.74, 6) is -0.477. The number of urea groups is 1. The van der Waals surface area contributed by atoms with E-state index >= 15 is 0 Å². The molecule has 6 aromatic carbocycles. The van der Waals surface area contributed by atoms with Crippen molar-refractivity contribution in [2.45, 2.75) is 64.0 Å². The Morgan fingerprint density at radius 1 is 0.746 bits per heavy atom. The van der Waals surface area contributed by atoms with Crippen LogP contribution in [0.25, 0.3) is 21.9 Å². The molecule has 0 spiro atoms. The number of benzene rings is 6. The normalized spacial score (nSPS) is 18.9. The topological polar surface area (TPSA) is 109 Å². The number of esters is 1. The Morgan fingerprint density at radius 2 is 1.44 bits per heavy atom. The number of rotatable bonds is 14. The summed E-state index contributed by atoms with van der Waals surface area (Å²) in [5.41, 5.74) is 7.81. The van der Waals surface area contributed by atoms with Crippen molar-refractivity contribution in [3.05, 3.63) is 179 Å². The summed E-state index contributed by atoms with van der Waals surface area (Å²) >= 11 is 0. The highest BCUT2D eigenvalue weighted by Crippen LogP contribution is 2.43. The van der Waals surface area contributed by atoms with E-state index in [1.807, 2.05) is 91.0 Å². The highest BCUT2D eigenvalue weighted by Gasteiger charge is 2.39. The summed E-state index contributed by atoms with van der Waals surface area (Å²) in [6, 6.07) is 47.7. The van der Waals surface area contributed by atoms with Gasteiger partial charge in [-0.1, -0.05) is 134 Å². The number of ether oxygens (including phenoxy) is 3. The molecule has 1 fully saturated rings. The Labute approximate surface area is 346 Å². The fourth-order valence-electron chi connectivity index (χ4n) is 7.79. The van der Waals surface area contributed by atoms with Crippen molar-refractivity contribution in [1.82, 2.24) is 15.5 Å². The lowest BCUT2D eigenvalue weighted by Crippen LogP contribution is -2.47. The van der Waals surface area contributed by atoms with Crippen LogP contribution in [0.15, 0.2) is 146 Å². The molecule has 304 valence electrons. The van der Waals surface area contributed by atoms with Crippen LogP contribution < -0.4 is 10.6 Å². The highest BCUT2D eigenvalue weighted by atomic mass is 16.7. The Bertz CT molecular complexity index is 2330. The molecule has 0 saturated carbocycles. The van der Waals surface area contributed by atoms with Gasteiger partial charge in [0.25, 0.3) is 0 Å². The smallest absolute Gasteiger partial charge is 0.328 e. The van der Waals surface area contributed by atoms with E-state index in [0.717, 1.165) is 38.9 Å². The molecule has 59 heavy (non-hydrogen) atoms. The molecular formula is C50H53N3O6. The summed E-state index contributed by atoms with van der Waals surface area (Å²) in [6.45, 7) is 5.36. The number of nitrogens with one attached hydrogen (secondary N) is 2. The standard InChI is InChI=1S/C50H53N3O6/c1-33-46(31-53(3)34(2)40-25-24-38-15-8-9-16-42(38)28-40)58-49(59-47(33)39-22-20-36(32-54)21-23-39)44-19-11-18-43(29-44)41-17-10-14-37(26-41)30-51-50(56)52-45(48(55)57-4)27-35-12-6-5-7-13-35/h5-26,28-29,33-34,45-47,49,54H,27,30-32H2,1-4H3,(H2,51,52,56)/t33-,34+,45-,46+,47+,49+/m0/s1. The number of hydrogen-bond donors (Lipinski definition) is 3. The van der Waals surface area contributed by atoms with Gasteiger partial charge in [-0.2, -0.15) is 0 Å². The molecule has 0 radical (unpaired) electrons. The number of fused-ring (bicyclic) bond motifs is 1. The van der Waals surface area contributed by atoms with E-state index in [2.05, 4.69) is 91.0 Å². The summed E-state index contributed by atoms with van der Waals surface area (Å²) in [7, 11) is 3.47. The molecule has 0 aromatic heterocycles. The van der Waals surface area contributed by atoms with Crippen molar-refractivity contribution in [3.63, 3.8) is 0 Å². The zero-order valence-electron chi connectivity index (χ0n) is 34.1. The molecule has 1 heterocycles. The van der Waals surface area contributed by atoms with Gasteiger partial charge in [-0.25, -0.2) is 9.59 Å². The highest BCUT2D eigenvalue weighted by molar-refractivity contribution is 5.84. The van der Waals surface area contributed by atoms with Gasteiger partial charge in [0.2, 0.25) is 0 Å². The fourth-order valence-corrected chi connectivity index (χ4v) is 7.79. The summed E-state index contributed by atoms with van der Waals surface area (Å²) in [5, 5.41) is 17.8. The molecule has 3 N–H and O–H groups in total. The molecule has 7 rings (SSSR count). The molecule has 9 nitrogen and oxygen atoms in total. The maximum Gasteiger partial charge on any atom is 0.328 e. The van der Waals surface area contributed by atoms with Crippen LogP contribution in [-0.2, 0) is 38.6 Å². The largest absolute Gasteiger partial charge is 0.467 e. The number of hydrogen-bond acceptors (Lipinski definition) is 7. The van der Waals surface area contributed by atoms with Crippen molar-refractivity contribution < 1.29 is 28.9 Å². The van der Waals surface area contributed by atoms with Crippen LogP contribution in [-0.4, -0.2) is 54.9 Å². The lowest BCUT2D eigenvalue weighted by atomic mass is 9.89. The minimum atomic E-state index is -0.823. The van der Waals surface area contributed by atoms with Crippen LogP contribution >= 0.6 is 0 Å². The first-order valence-electron chi connectivity index (χ1n) is 20.2. The Kier molecular flexibility index (Phi) is 13.5. The van der Waals surface area contributed by atoms with Crippen molar-refractivity contribution in [2.75, 3.05) is 20.7 Å². The Hall–Kier alpha value is -5.84. The second-order valence-corrected chi connectivity index (χ2v) is 15.5. The third-order valence-electron chi connectivity index (χ3n) is 11.5. The van der Waals surface area contributed by atoms with Crippen molar-refractivity contribution in [2.24, 2.45) is 5.92 Å². The lowest BCUT2D eigenvalue weighted by molar-refractivity contribution is -0.276. The number of nitrogens with zero attached hydrogens (tertiary/aromatic N) is 1. The van der Waals surface area contributed by atoms with Gasteiger partial charge in [0, 0.05) is 37.0 Å². The van der Waals surface area contributed by atoms with E-state index in [1.165, 1.54) is 23.4 Å². The van der Waals surface area contributed by atoms with Crippen LogP contribution in [0.1, 0.15) is 65.7 Å². The van der Waals surface area contributed by atoms with Crippen LogP contribution in [0.3, 0.4) is 0 Å². The first kappa shape index (κ1) is 41.3. The molecule has 0 unspecified atom stereocenters.